The summed E-state index contributed by atoms with van der Waals surface area (Å²) < 4.78 is 5.37. The number of rotatable bonds is 2. The SMILES string of the molecule is O=C(O)N1CCC[C@@H](Nc2nnc(Cl)c3ccoc23)C1. The second kappa shape index (κ2) is 5.16. The van der Waals surface area contributed by atoms with Crippen molar-refractivity contribution in [3.8, 4) is 0 Å². The predicted molar refractivity (Wildman–Crippen MR) is 73.1 cm³/mol. The van der Waals surface area contributed by atoms with Gasteiger partial charge in [0.15, 0.2) is 16.6 Å². The Labute approximate surface area is 119 Å². The monoisotopic (exact) mass is 296 g/mol. The van der Waals surface area contributed by atoms with E-state index in [2.05, 4.69) is 15.5 Å². The number of likely N-dealkylation sites (tertiary alicyclic amines) is 1. The first-order valence-corrected chi connectivity index (χ1v) is 6.66. The number of hydrogen-bond acceptors (Lipinski definition) is 5. The summed E-state index contributed by atoms with van der Waals surface area (Å²) >= 11 is 5.93. The molecule has 2 aromatic heterocycles. The second-order valence-electron chi connectivity index (χ2n) is 4.71. The number of carboxylic acid groups (broad SMARTS) is 1. The molecule has 7 nitrogen and oxygen atoms in total. The molecule has 2 aromatic rings. The predicted octanol–water partition coefficient (Wildman–Crippen LogP) is 2.43. The van der Waals surface area contributed by atoms with E-state index >= 15 is 0 Å². The molecule has 8 heteroatoms. The molecule has 0 spiro atoms. The second-order valence-corrected chi connectivity index (χ2v) is 5.07. The lowest BCUT2D eigenvalue weighted by atomic mass is 10.1. The number of carbonyl (C=O) groups is 1. The molecule has 3 heterocycles. The summed E-state index contributed by atoms with van der Waals surface area (Å²) in [6.45, 7) is 0.984. The lowest BCUT2D eigenvalue weighted by molar-refractivity contribution is 0.133. The van der Waals surface area contributed by atoms with Crippen LogP contribution >= 0.6 is 11.6 Å². The van der Waals surface area contributed by atoms with Gasteiger partial charge in [0.25, 0.3) is 0 Å². The minimum absolute atomic E-state index is 0.0105. The summed E-state index contributed by atoms with van der Waals surface area (Å²) in [6, 6.07) is 1.71. The Bertz CT molecular complexity index is 645. The van der Waals surface area contributed by atoms with Gasteiger partial charge in [-0.2, -0.15) is 0 Å². The highest BCUT2D eigenvalue weighted by molar-refractivity contribution is 6.34. The molecule has 1 aliphatic heterocycles. The fourth-order valence-electron chi connectivity index (χ4n) is 2.40. The fraction of sp³-hybridized carbons (Fsp3) is 0.417. The molecule has 3 rings (SSSR count). The van der Waals surface area contributed by atoms with E-state index in [1.807, 2.05) is 0 Å². The van der Waals surface area contributed by atoms with Crippen LogP contribution in [0.15, 0.2) is 16.7 Å². The van der Waals surface area contributed by atoms with Crippen LogP contribution in [-0.4, -0.2) is 45.4 Å². The van der Waals surface area contributed by atoms with Crippen molar-refractivity contribution in [3.05, 3.63) is 17.5 Å². The Morgan fingerprint density at radius 1 is 1.55 bits per heavy atom. The molecule has 2 N–H and O–H groups in total. The molecule has 1 amide bonds. The standard InChI is InChI=1S/C12H13ClN4O3/c13-10-8-3-5-20-9(8)11(16-15-10)14-7-2-1-4-17(6-7)12(18)19/h3,5,7H,1-2,4,6H2,(H,14,16)(H,18,19)/t7-/m1/s1. The molecule has 1 aliphatic rings. The summed E-state index contributed by atoms with van der Waals surface area (Å²) in [5, 5.41) is 21.1. The van der Waals surface area contributed by atoms with Crippen LogP contribution in [0.1, 0.15) is 12.8 Å². The third-order valence-electron chi connectivity index (χ3n) is 3.37. The number of hydrogen-bond donors (Lipinski definition) is 2. The van der Waals surface area contributed by atoms with E-state index in [-0.39, 0.29) is 11.2 Å². The Balaban J connectivity index is 1.81. The summed E-state index contributed by atoms with van der Waals surface area (Å²) in [6.07, 6.45) is 2.31. The number of nitrogens with zero attached hydrogens (tertiary/aromatic N) is 3. The summed E-state index contributed by atoms with van der Waals surface area (Å²) in [4.78, 5) is 12.4. The molecule has 0 radical (unpaired) electrons. The molecule has 0 saturated carbocycles. The summed E-state index contributed by atoms with van der Waals surface area (Å²) in [7, 11) is 0. The van der Waals surface area contributed by atoms with Crippen molar-refractivity contribution in [1.29, 1.82) is 0 Å². The van der Waals surface area contributed by atoms with Crippen LogP contribution < -0.4 is 5.32 Å². The molecule has 106 valence electrons. The zero-order chi connectivity index (χ0) is 14.1. The van der Waals surface area contributed by atoms with E-state index in [1.54, 1.807) is 6.07 Å². The molecule has 0 aliphatic carbocycles. The van der Waals surface area contributed by atoms with Gasteiger partial charge in [-0.3, -0.25) is 0 Å². The first-order valence-electron chi connectivity index (χ1n) is 6.29. The minimum atomic E-state index is -0.901. The van der Waals surface area contributed by atoms with Crippen LogP contribution in [0.3, 0.4) is 0 Å². The van der Waals surface area contributed by atoms with Crippen LogP contribution in [0.4, 0.5) is 10.6 Å². The Morgan fingerprint density at radius 2 is 2.40 bits per heavy atom. The smallest absolute Gasteiger partial charge is 0.407 e. The molecule has 0 bridgehead atoms. The molecular weight excluding hydrogens is 284 g/mol. The van der Waals surface area contributed by atoms with E-state index in [0.29, 0.717) is 29.9 Å². The van der Waals surface area contributed by atoms with Gasteiger partial charge >= 0.3 is 6.09 Å². The first-order chi connectivity index (χ1) is 9.65. The van der Waals surface area contributed by atoms with Crippen LogP contribution in [0, 0.1) is 0 Å². The minimum Gasteiger partial charge on any atom is -0.465 e. The average molecular weight is 297 g/mol. The molecule has 1 atom stereocenters. The van der Waals surface area contributed by atoms with Crippen molar-refractivity contribution in [2.45, 2.75) is 18.9 Å². The first kappa shape index (κ1) is 13.0. The van der Waals surface area contributed by atoms with Crippen LogP contribution in [0.2, 0.25) is 5.15 Å². The van der Waals surface area contributed by atoms with E-state index in [4.69, 9.17) is 21.1 Å². The van der Waals surface area contributed by atoms with Crippen molar-refractivity contribution < 1.29 is 14.3 Å². The number of anilines is 1. The van der Waals surface area contributed by atoms with Gasteiger partial charge in [0, 0.05) is 19.1 Å². The van der Waals surface area contributed by atoms with Gasteiger partial charge in [-0.05, 0) is 18.9 Å². The van der Waals surface area contributed by atoms with E-state index in [1.165, 1.54) is 11.2 Å². The maximum Gasteiger partial charge on any atom is 0.407 e. The molecule has 1 saturated heterocycles. The van der Waals surface area contributed by atoms with E-state index in [0.717, 1.165) is 12.8 Å². The Morgan fingerprint density at radius 3 is 3.20 bits per heavy atom. The Kier molecular flexibility index (Phi) is 3.35. The lowest BCUT2D eigenvalue weighted by Gasteiger charge is -2.31. The highest BCUT2D eigenvalue weighted by Gasteiger charge is 2.24. The van der Waals surface area contributed by atoms with E-state index in [9.17, 15) is 4.79 Å². The maximum absolute atomic E-state index is 11.0. The number of nitrogens with one attached hydrogen (secondary N) is 1. The highest BCUT2D eigenvalue weighted by Crippen LogP contribution is 2.28. The quantitative estimate of drug-likeness (QED) is 0.884. The molecule has 1 fully saturated rings. The molecule has 0 unspecified atom stereocenters. The number of piperidine rings is 1. The highest BCUT2D eigenvalue weighted by atomic mass is 35.5. The van der Waals surface area contributed by atoms with Gasteiger partial charge in [0.1, 0.15) is 0 Å². The number of aromatic nitrogens is 2. The molecular formula is C12H13ClN4O3. The average Bonchev–Trinajstić information content (AvgIpc) is 2.93. The van der Waals surface area contributed by atoms with Gasteiger partial charge in [0.2, 0.25) is 0 Å². The lowest BCUT2D eigenvalue weighted by Crippen LogP contribution is -2.44. The van der Waals surface area contributed by atoms with Crippen molar-refractivity contribution in [1.82, 2.24) is 15.1 Å². The van der Waals surface area contributed by atoms with Gasteiger partial charge < -0.3 is 19.7 Å². The van der Waals surface area contributed by atoms with Crippen molar-refractivity contribution in [2.75, 3.05) is 18.4 Å². The molecule has 20 heavy (non-hydrogen) atoms. The van der Waals surface area contributed by atoms with Crippen molar-refractivity contribution >= 4 is 34.5 Å². The summed E-state index contributed by atoms with van der Waals surface area (Å²) in [5.41, 5.74) is 0.539. The van der Waals surface area contributed by atoms with Crippen molar-refractivity contribution in [2.24, 2.45) is 0 Å². The van der Waals surface area contributed by atoms with E-state index < -0.39 is 6.09 Å². The number of halogens is 1. The van der Waals surface area contributed by atoms with Gasteiger partial charge in [-0.25, -0.2) is 4.79 Å². The van der Waals surface area contributed by atoms with Crippen molar-refractivity contribution in [3.63, 3.8) is 0 Å². The van der Waals surface area contributed by atoms with Gasteiger partial charge in [-0.1, -0.05) is 11.6 Å². The topological polar surface area (TPSA) is 91.5 Å². The van der Waals surface area contributed by atoms with Gasteiger partial charge in [0.05, 0.1) is 11.6 Å². The normalized spacial score (nSPS) is 19.2. The third kappa shape index (κ3) is 2.36. The number of amides is 1. The maximum atomic E-state index is 11.0. The number of furan rings is 1. The zero-order valence-corrected chi connectivity index (χ0v) is 11.3. The van der Waals surface area contributed by atoms with Crippen LogP contribution in [-0.2, 0) is 0 Å². The largest absolute Gasteiger partial charge is 0.465 e. The number of fused-ring (bicyclic) bond motifs is 1. The van der Waals surface area contributed by atoms with Gasteiger partial charge in [-0.15, -0.1) is 10.2 Å². The molecule has 0 aromatic carbocycles. The zero-order valence-electron chi connectivity index (χ0n) is 10.5. The van der Waals surface area contributed by atoms with Crippen LogP contribution in [0.25, 0.3) is 11.0 Å². The Hall–Kier alpha value is -2.02. The summed E-state index contributed by atoms with van der Waals surface area (Å²) in [5.74, 6) is 0.492. The fourth-order valence-corrected chi connectivity index (χ4v) is 2.59. The van der Waals surface area contributed by atoms with Crippen LogP contribution in [0.5, 0.6) is 0 Å². The third-order valence-corrected chi connectivity index (χ3v) is 3.65.